The van der Waals surface area contributed by atoms with Gasteiger partial charge < -0.3 is 15.0 Å². The molecule has 9 heteroatoms. The topological polar surface area (TPSA) is 74.2 Å². The molecule has 2 aliphatic heterocycles. The quantitative estimate of drug-likeness (QED) is 0.364. The summed E-state index contributed by atoms with van der Waals surface area (Å²) in [6.07, 6.45) is 4.33. The third-order valence-electron chi connectivity index (χ3n) is 5.27. The molecule has 0 amide bonds. The maximum Gasteiger partial charge on any atom is 0.211 e. The van der Waals surface area contributed by atoms with E-state index in [4.69, 9.17) is 4.74 Å². The lowest BCUT2D eigenvalue weighted by molar-refractivity contribution is 0.129. The van der Waals surface area contributed by atoms with Crippen LogP contribution in [0.25, 0.3) is 0 Å². The molecule has 1 atom stereocenters. The Morgan fingerprint density at radius 2 is 1.86 bits per heavy atom. The monoisotopic (exact) mass is 522 g/mol. The van der Waals surface area contributed by atoms with Gasteiger partial charge in [0.1, 0.15) is 11.9 Å². The fourth-order valence-electron chi connectivity index (χ4n) is 3.71. The SMILES string of the molecule is CN=C(NCC1CCN(S(C)(=O)=O)C1)N1CCC(Oc2ccccc2)CC1.I. The van der Waals surface area contributed by atoms with Crippen molar-refractivity contribution < 1.29 is 13.2 Å². The van der Waals surface area contributed by atoms with Gasteiger partial charge in [-0.05, 0) is 24.5 Å². The highest BCUT2D eigenvalue weighted by molar-refractivity contribution is 14.0. The lowest BCUT2D eigenvalue weighted by Gasteiger charge is -2.34. The minimum Gasteiger partial charge on any atom is -0.490 e. The van der Waals surface area contributed by atoms with Gasteiger partial charge in [0.05, 0.1) is 6.26 Å². The number of hydrogen-bond donors (Lipinski definition) is 1. The van der Waals surface area contributed by atoms with E-state index >= 15 is 0 Å². The zero-order chi connectivity index (χ0) is 19.3. The maximum atomic E-state index is 11.6. The number of nitrogens with zero attached hydrogens (tertiary/aromatic N) is 3. The second-order valence-corrected chi connectivity index (χ2v) is 9.30. The van der Waals surface area contributed by atoms with E-state index in [1.807, 2.05) is 30.3 Å². The van der Waals surface area contributed by atoms with Crippen molar-refractivity contribution in [1.82, 2.24) is 14.5 Å². The van der Waals surface area contributed by atoms with Gasteiger partial charge in [-0.2, -0.15) is 0 Å². The first-order valence-corrected chi connectivity index (χ1v) is 11.4. The van der Waals surface area contributed by atoms with E-state index in [-0.39, 0.29) is 30.1 Å². The number of ether oxygens (including phenoxy) is 1. The summed E-state index contributed by atoms with van der Waals surface area (Å²) in [6.45, 7) is 3.76. The molecule has 0 spiro atoms. The van der Waals surface area contributed by atoms with Crippen LogP contribution in [-0.2, 0) is 10.0 Å². The first kappa shape index (κ1) is 23.2. The Balaban J connectivity index is 0.00000280. The van der Waals surface area contributed by atoms with Crippen LogP contribution in [-0.4, -0.2) is 75.7 Å². The van der Waals surface area contributed by atoms with Crippen molar-refractivity contribution in [2.75, 3.05) is 46.0 Å². The highest BCUT2D eigenvalue weighted by atomic mass is 127. The van der Waals surface area contributed by atoms with E-state index < -0.39 is 10.0 Å². The Bertz CT molecular complexity index is 737. The Morgan fingerprint density at radius 3 is 2.43 bits per heavy atom. The Labute approximate surface area is 185 Å². The van der Waals surface area contributed by atoms with E-state index in [2.05, 4.69) is 15.2 Å². The van der Waals surface area contributed by atoms with Crippen LogP contribution in [0.4, 0.5) is 0 Å². The number of guanidine groups is 1. The molecule has 0 saturated carbocycles. The molecule has 2 fully saturated rings. The molecule has 0 aromatic heterocycles. The van der Waals surface area contributed by atoms with E-state index in [9.17, 15) is 8.42 Å². The summed E-state index contributed by atoms with van der Waals surface area (Å²) >= 11 is 0. The predicted molar refractivity (Wildman–Crippen MR) is 123 cm³/mol. The van der Waals surface area contributed by atoms with Crippen LogP contribution in [0.5, 0.6) is 5.75 Å². The molecule has 1 unspecified atom stereocenters. The number of rotatable bonds is 5. The summed E-state index contributed by atoms with van der Waals surface area (Å²) in [5, 5.41) is 3.43. The molecule has 1 aromatic rings. The average Bonchev–Trinajstić information content (AvgIpc) is 3.14. The van der Waals surface area contributed by atoms with Crippen molar-refractivity contribution >= 4 is 40.0 Å². The molecule has 0 radical (unpaired) electrons. The number of hydrogen-bond acceptors (Lipinski definition) is 4. The highest BCUT2D eigenvalue weighted by Gasteiger charge is 2.29. The Morgan fingerprint density at radius 1 is 1.18 bits per heavy atom. The number of nitrogens with one attached hydrogen (secondary N) is 1. The minimum absolute atomic E-state index is 0. The molecule has 1 N–H and O–H groups in total. The first-order valence-electron chi connectivity index (χ1n) is 9.58. The summed E-state index contributed by atoms with van der Waals surface area (Å²) in [7, 11) is -1.28. The fourth-order valence-corrected chi connectivity index (χ4v) is 4.63. The van der Waals surface area contributed by atoms with Crippen molar-refractivity contribution in [3.8, 4) is 5.75 Å². The molecule has 158 valence electrons. The Hall–Kier alpha value is -1.07. The van der Waals surface area contributed by atoms with Gasteiger partial charge in [-0.3, -0.25) is 4.99 Å². The van der Waals surface area contributed by atoms with Gasteiger partial charge in [-0.25, -0.2) is 12.7 Å². The van der Waals surface area contributed by atoms with E-state index in [1.54, 1.807) is 11.4 Å². The molecule has 0 bridgehead atoms. The van der Waals surface area contributed by atoms with Gasteiger partial charge >= 0.3 is 0 Å². The smallest absolute Gasteiger partial charge is 0.211 e. The third-order valence-corrected chi connectivity index (χ3v) is 6.54. The summed E-state index contributed by atoms with van der Waals surface area (Å²) in [4.78, 5) is 6.67. The molecule has 2 heterocycles. The predicted octanol–water partition coefficient (Wildman–Crippen LogP) is 2.00. The maximum absolute atomic E-state index is 11.6. The van der Waals surface area contributed by atoms with Crippen molar-refractivity contribution in [3.63, 3.8) is 0 Å². The minimum atomic E-state index is -3.08. The largest absolute Gasteiger partial charge is 0.490 e. The van der Waals surface area contributed by atoms with Crippen LogP contribution in [0.15, 0.2) is 35.3 Å². The molecular weight excluding hydrogens is 491 g/mol. The molecule has 1 aromatic carbocycles. The van der Waals surface area contributed by atoms with Crippen LogP contribution >= 0.6 is 24.0 Å². The summed E-state index contributed by atoms with van der Waals surface area (Å²) in [6, 6.07) is 9.96. The van der Waals surface area contributed by atoms with Crippen molar-refractivity contribution in [3.05, 3.63) is 30.3 Å². The van der Waals surface area contributed by atoms with Gasteiger partial charge in [0.15, 0.2) is 5.96 Å². The van der Waals surface area contributed by atoms with Gasteiger partial charge in [0, 0.05) is 52.6 Å². The zero-order valence-electron chi connectivity index (χ0n) is 16.6. The number of piperidine rings is 1. The van der Waals surface area contributed by atoms with Crippen LogP contribution < -0.4 is 10.1 Å². The number of aliphatic imine (C=N–C) groups is 1. The number of halogens is 1. The summed E-state index contributed by atoms with van der Waals surface area (Å²) in [5.41, 5.74) is 0. The van der Waals surface area contributed by atoms with E-state index in [1.165, 1.54) is 6.26 Å². The standard InChI is InChI=1S/C19H30N4O3S.HI/c1-20-19(21-14-16-8-13-23(15-16)27(2,24)25)22-11-9-18(10-12-22)26-17-6-4-3-5-7-17;/h3-7,16,18H,8-15H2,1-2H3,(H,20,21);1H. The molecular formula is C19H31IN4O3S. The van der Waals surface area contributed by atoms with Crippen LogP contribution in [0.1, 0.15) is 19.3 Å². The Kier molecular flexibility index (Phi) is 8.81. The van der Waals surface area contributed by atoms with Crippen LogP contribution in [0, 0.1) is 5.92 Å². The highest BCUT2D eigenvalue weighted by Crippen LogP contribution is 2.20. The lowest BCUT2D eigenvalue weighted by atomic mass is 10.1. The lowest BCUT2D eigenvalue weighted by Crippen LogP contribution is -2.48. The van der Waals surface area contributed by atoms with Gasteiger partial charge in [-0.1, -0.05) is 18.2 Å². The van der Waals surface area contributed by atoms with Gasteiger partial charge in [0.25, 0.3) is 0 Å². The van der Waals surface area contributed by atoms with E-state index in [0.717, 1.165) is 50.6 Å². The molecule has 7 nitrogen and oxygen atoms in total. The van der Waals surface area contributed by atoms with Gasteiger partial charge in [0.2, 0.25) is 10.0 Å². The fraction of sp³-hybridized carbons (Fsp3) is 0.632. The first-order chi connectivity index (χ1) is 13.0. The molecule has 3 rings (SSSR count). The van der Waals surface area contributed by atoms with Crippen molar-refractivity contribution in [2.24, 2.45) is 10.9 Å². The van der Waals surface area contributed by atoms with Crippen molar-refractivity contribution in [1.29, 1.82) is 0 Å². The van der Waals surface area contributed by atoms with Crippen LogP contribution in [0.2, 0.25) is 0 Å². The second kappa shape index (κ2) is 10.6. The number of likely N-dealkylation sites (tertiary alicyclic amines) is 1. The van der Waals surface area contributed by atoms with Crippen molar-refractivity contribution in [2.45, 2.75) is 25.4 Å². The molecule has 0 aliphatic carbocycles. The summed E-state index contributed by atoms with van der Waals surface area (Å²) < 4.78 is 30.9. The summed E-state index contributed by atoms with van der Waals surface area (Å²) in [5.74, 6) is 2.15. The number of sulfonamides is 1. The number of para-hydroxylation sites is 1. The molecule has 2 saturated heterocycles. The van der Waals surface area contributed by atoms with Crippen LogP contribution in [0.3, 0.4) is 0 Å². The number of benzene rings is 1. The van der Waals surface area contributed by atoms with Gasteiger partial charge in [-0.15, -0.1) is 24.0 Å². The average molecular weight is 522 g/mol. The zero-order valence-corrected chi connectivity index (χ0v) is 19.7. The normalized spacial score (nSPS) is 22.0. The third kappa shape index (κ3) is 6.48. The molecule has 28 heavy (non-hydrogen) atoms. The molecule has 2 aliphatic rings. The van der Waals surface area contributed by atoms with E-state index in [0.29, 0.717) is 19.0 Å². The second-order valence-electron chi connectivity index (χ2n) is 7.32.